The number of rotatable bonds is 6. The van der Waals surface area contributed by atoms with Crippen LogP contribution in [-0.2, 0) is 0 Å². The summed E-state index contributed by atoms with van der Waals surface area (Å²) in [6.45, 7) is 3.68. The maximum absolute atomic E-state index is 5.93. The Bertz CT molecular complexity index is 1010. The minimum absolute atomic E-state index is 0.390. The summed E-state index contributed by atoms with van der Waals surface area (Å²) in [6.07, 6.45) is 8.08. The minimum atomic E-state index is 0.390. The molecule has 0 aliphatic rings. The first kappa shape index (κ1) is 17.1. The van der Waals surface area contributed by atoms with Gasteiger partial charge in [0.2, 0.25) is 0 Å². The van der Waals surface area contributed by atoms with Gasteiger partial charge in [-0.15, -0.1) is 0 Å². The lowest BCUT2D eigenvalue weighted by Crippen LogP contribution is -2.12. The van der Waals surface area contributed by atoms with Crippen molar-refractivity contribution in [2.45, 2.75) is 0 Å². The molecule has 0 bridgehead atoms. The van der Waals surface area contributed by atoms with Gasteiger partial charge in [0, 0.05) is 17.2 Å². The lowest BCUT2D eigenvalue weighted by Gasteiger charge is -1.97. The molecule has 0 spiro atoms. The molecule has 0 fully saturated rings. The van der Waals surface area contributed by atoms with Gasteiger partial charge in [-0.25, -0.2) is 15.0 Å². The number of allylic oxidation sites excluding steroid dienone is 2. The predicted octanol–water partition coefficient (Wildman–Crippen LogP) is 4.31. The van der Waals surface area contributed by atoms with Crippen LogP contribution in [0.4, 0.5) is 0 Å². The van der Waals surface area contributed by atoms with E-state index in [0.717, 1.165) is 22.1 Å². The first-order valence-corrected chi connectivity index (χ1v) is 8.01. The molecule has 3 aromatic rings. The molecule has 5 heteroatoms. The zero-order chi connectivity index (χ0) is 18.2. The van der Waals surface area contributed by atoms with Crippen molar-refractivity contribution in [3.05, 3.63) is 96.5 Å². The van der Waals surface area contributed by atoms with E-state index in [1.54, 1.807) is 24.6 Å². The molecule has 2 aromatic carbocycles. The summed E-state index contributed by atoms with van der Waals surface area (Å²) in [4.78, 5) is 12.7. The molecule has 1 aromatic heterocycles. The third kappa shape index (κ3) is 4.42. The molecule has 128 valence electrons. The molecule has 1 heterocycles. The van der Waals surface area contributed by atoms with Crippen molar-refractivity contribution in [2.24, 2.45) is 20.7 Å². The number of nitrogens with two attached hydrogens (primary N) is 1. The number of nitrogens with zero attached hydrogens (tertiary/aromatic N) is 3. The summed E-state index contributed by atoms with van der Waals surface area (Å²) in [7, 11) is 0. The van der Waals surface area contributed by atoms with Gasteiger partial charge in [-0.2, -0.15) is 0 Å². The number of benzene rings is 2. The van der Waals surface area contributed by atoms with Gasteiger partial charge in [0.15, 0.2) is 5.82 Å². The summed E-state index contributed by atoms with van der Waals surface area (Å²) in [5.41, 5.74) is 8.55. The second-order valence-corrected chi connectivity index (χ2v) is 5.36. The molecule has 2 N–H and O–H groups in total. The van der Waals surface area contributed by atoms with Crippen LogP contribution in [-0.4, -0.2) is 18.4 Å². The fourth-order valence-electron chi connectivity index (χ4n) is 2.26. The van der Waals surface area contributed by atoms with E-state index in [4.69, 9.17) is 10.2 Å². The summed E-state index contributed by atoms with van der Waals surface area (Å²) >= 11 is 0. The summed E-state index contributed by atoms with van der Waals surface area (Å²) in [5, 5.41) is 1.02. The Morgan fingerprint density at radius 1 is 1.04 bits per heavy atom. The second-order valence-electron chi connectivity index (χ2n) is 5.36. The molecule has 3 rings (SSSR count). The Morgan fingerprint density at radius 3 is 2.69 bits per heavy atom. The van der Waals surface area contributed by atoms with E-state index in [1.165, 1.54) is 6.34 Å². The lowest BCUT2D eigenvalue weighted by molar-refractivity contribution is 0.616. The van der Waals surface area contributed by atoms with Crippen LogP contribution in [0.25, 0.3) is 11.0 Å². The van der Waals surface area contributed by atoms with E-state index in [9.17, 15) is 0 Å². The third-order valence-electron chi connectivity index (χ3n) is 3.55. The van der Waals surface area contributed by atoms with Gasteiger partial charge in [0.25, 0.3) is 0 Å². The van der Waals surface area contributed by atoms with Gasteiger partial charge in [0.1, 0.15) is 17.8 Å². The highest BCUT2D eigenvalue weighted by atomic mass is 16.3. The number of hydrogen-bond acceptors (Lipinski definition) is 3. The highest BCUT2D eigenvalue weighted by Crippen LogP contribution is 2.16. The third-order valence-corrected chi connectivity index (χ3v) is 3.55. The predicted molar refractivity (Wildman–Crippen MR) is 108 cm³/mol. The number of hydrogen-bond donors (Lipinski definition) is 1. The van der Waals surface area contributed by atoms with Crippen LogP contribution in [0.5, 0.6) is 0 Å². The van der Waals surface area contributed by atoms with Crippen molar-refractivity contribution in [2.75, 3.05) is 0 Å². The second kappa shape index (κ2) is 8.39. The number of fused-ring (bicyclic) bond motifs is 1. The fourth-order valence-corrected chi connectivity index (χ4v) is 2.26. The summed E-state index contributed by atoms with van der Waals surface area (Å²) < 4.78 is 5.33. The van der Waals surface area contributed by atoms with E-state index in [1.807, 2.05) is 54.6 Å². The average molecular weight is 342 g/mol. The minimum Gasteiger partial charge on any atom is -0.464 e. The Kier molecular flexibility index (Phi) is 5.52. The van der Waals surface area contributed by atoms with E-state index < -0.39 is 0 Å². The lowest BCUT2D eigenvalue weighted by atomic mass is 10.2. The Morgan fingerprint density at radius 2 is 1.88 bits per heavy atom. The highest BCUT2D eigenvalue weighted by molar-refractivity contribution is 6.01. The van der Waals surface area contributed by atoms with Gasteiger partial charge >= 0.3 is 0 Å². The van der Waals surface area contributed by atoms with Gasteiger partial charge in [0.05, 0.1) is 6.26 Å². The maximum atomic E-state index is 5.93. The van der Waals surface area contributed by atoms with Crippen LogP contribution in [0.1, 0.15) is 11.1 Å². The van der Waals surface area contributed by atoms with Crippen LogP contribution in [0.2, 0.25) is 0 Å². The number of furan rings is 1. The smallest absolute Gasteiger partial charge is 0.153 e. The molecule has 5 nitrogen and oxygen atoms in total. The van der Waals surface area contributed by atoms with Crippen molar-refractivity contribution in [3.8, 4) is 0 Å². The zero-order valence-corrected chi connectivity index (χ0v) is 14.1. The fraction of sp³-hybridized carbons (Fsp3) is 0. The molecular weight excluding hydrogens is 324 g/mol. The van der Waals surface area contributed by atoms with Gasteiger partial charge in [-0.3, -0.25) is 0 Å². The standard InChI is InChI=1S/C21H18N4O/c1-2-6-20(24-15-25-21(22)17-7-4-3-5-8-17)23-14-16-9-10-19-18(13-16)11-12-26-19/h2-15H,1H2,(H2,22,24,25)/b20-6+,23-14?. The van der Waals surface area contributed by atoms with Crippen LogP contribution >= 0.6 is 0 Å². The van der Waals surface area contributed by atoms with Crippen molar-refractivity contribution in [1.82, 2.24) is 0 Å². The van der Waals surface area contributed by atoms with Gasteiger partial charge < -0.3 is 10.2 Å². The van der Waals surface area contributed by atoms with Gasteiger partial charge in [-0.05, 0) is 35.9 Å². The monoisotopic (exact) mass is 342 g/mol. The van der Waals surface area contributed by atoms with Crippen molar-refractivity contribution < 1.29 is 4.42 Å². The van der Waals surface area contributed by atoms with Crippen molar-refractivity contribution in [1.29, 1.82) is 0 Å². The molecule has 26 heavy (non-hydrogen) atoms. The van der Waals surface area contributed by atoms with E-state index in [-0.39, 0.29) is 0 Å². The Hall–Kier alpha value is -3.73. The first-order valence-electron chi connectivity index (χ1n) is 8.01. The molecule has 0 atom stereocenters. The van der Waals surface area contributed by atoms with Crippen LogP contribution in [0.3, 0.4) is 0 Å². The first-order chi connectivity index (χ1) is 12.8. The Balaban J connectivity index is 1.74. The van der Waals surface area contributed by atoms with E-state index in [2.05, 4.69) is 21.6 Å². The van der Waals surface area contributed by atoms with Crippen LogP contribution in [0, 0.1) is 0 Å². The molecule has 0 amide bonds. The summed E-state index contributed by atoms with van der Waals surface area (Å²) in [6, 6.07) is 17.2. The van der Waals surface area contributed by atoms with Crippen molar-refractivity contribution in [3.63, 3.8) is 0 Å². The normalized spacial score (nSPS) is 13.1. The quantitative estimate of drug-likeness (QED) is 0.411. The largest absolute Gasteiger partial charge is 0.464 e. The molecule has 0 saturated carbocycles. The zero-order valence-electron chi connectivity index (χ0n) is 14.1. The van der Waals surface area contributed by atoms with E-state index in [0.29, 0.717) is 11.7 Å². The maximum Gasteiger partial charge on any atom is 0.153 e. The SMILES string of the molecule is C=C/C=C(/N=CN=C(N)c1ccccc1)N=Cc1ccc2occc2c1. The molecule has 0 saturated heterocycles. The number of amidine groups is 1. The highest BCUT2D eigenvalue weighted by Gasteiger charge is 1.97. The Labute approximate surface area is 151 Å². The topological polar surface area (TPSA) is 76.2 Å². The molecule has 0 unspecified atom stereocenters. The van der Waals surface area contributed by atoms with Gasteiger partial charge in [-0.1, -0.05) is 43.0 Å². The average Bonchev–Trinajstić information content (AvgIpc) is 3.14. The number of aliphatic imine (C=N–C) groups is 3. The molecular formula is C21H18N4O. The van der Waals surface area contributed by atoms with Crippen LogP contribution < -0.4 is 5.73 Å². The van der Waals surface area contributed by atoms with E-state index >= 15 is 0 Å². The molecule has 0 radical (unpaired) electrons. The summed E-state index contributed by atoms with van der Waals surface area (Å²) in [5.74, 6) is 0.860. The van der Waals surface area contributed by atoms with Crippen molar-refractivity contribution >= 4 is 29.4 Å². The molecule has 0 aliphatic heterocycles. The molecule has 0 aliphatic carbocycles. The van der Waals surface area contributed by atoms with Crippen LogP contribution in [0.15, 0.2) is 105 Å².